The Kier molecular flexibility index (Phi) is 8.49. The predicted molar refractivity (Wildman–Crippen MR) is 68.8 cm³/mol. The van der Waals surface area contributed by atoms with E-state index in [9.17, 15) is 5.11 Å². The van der Waals surface area contributed by atoms with Gasteiger partial charge >= 0.3 is 0 Å². The van der Waals surface area contributed by atoms with Crippen molar-refractivity contribution in [3.8, 4) is 0 Å². The third-order valence-corrected chi connectivity index (χ3v) is 2.78. The number of nitrogens with zero attached hydrogens (tertiary/aromatic N) is 1. The molecule has 0 saturated carbocycles. The number of ether oxygens (including phenoxy) is 3. The second-order valence-corrected chi connectivity index (χ2v) is 4.64. The van der Waals surface area contributed by atoms with Gasteiger partial charge in [0.05, 0.1) is 38.6 Å². The number of hydrogen-bond donors (Lipinski definition) is 2. The molecule has 0 aromatic heterocycles. The van der Waals surface area contributed by atoms with E-state index in [1.807, 2.05) is 7.05 Å². The fourth-order valence-corrected chi connectivity index (χ4v) is 1.93. The van der Waals surface area contributed by atoms with Gasteiger partial charge in [-0.2, -0.15) is 0 Å². The van der Waals surface area contributed by atoms with Crippen LogP contribution in [0.5, 0.6) is 0 Å². The van der Waals surface area contributed by atoms with Crippen molar-refractivity contribution in [2.45, 2.75) is 12.2 Å². The largest absolute Gasteiger partial charge is 0.389 e. The Hall–Kier alpha value is -0.240. The molecule has 0 amide bonds. The van der Waals surface area contributed by atoms with E-state index < -0.39 is 6.10 Å². The van der Waals surface area contributed by atoms with E-state index in [0.717, 1.165) is 26.2 Å². The molecule has 6 heteroatoms. The van der Waals surface area contributed by atoms with Crippen LogP contribution in [0.2, 0.25) is 0 Å². The van der Waals surface area contributed by atoms with Gasteiger partial charge in [0.15, 0.2) is 0 Å². The van der Waals surface area contributed by atoms with Crippen LogP contribution in [-0.4, -0.2) is 89.0 Å². The Labute approximate surface area is 109 Å². The van der Waals surface area contributed by atoms with Crippen LogP contribution in [0.1, 0.15) is 0 Å². The number of nitrogens with one attached hydrogen (secondary N) is 1. The Bertz CT molecular complexity index is 201. The van der Waals surface area contributed by atoms with Crippen molar-refractivity contribution in [2.75, 3.05) is 66.8 Å². The molecule has 2 unspecified atom stereocenters. The van der Waals surface area contributed by atoms with Crippen LogP contribution in [0, 0.1) is 0 Å². The molecule has 0 radical (unpaired) electrons. The van der Waals surface area contributed by atoms with Crippen molar-refractivity contribution in [3.05, 3.63) is 0 Å². The second kappa shape index (κ2) is 9.66. The number of likely N-dealkylation sites (N-methyl/N-ethyl adjacent to an activating group) is 1. The zero-order valence-electron chi connectivity index (χ0n) is 11.4. The molecular weight excluding hydrogens is 236 g/mol. The molecule has 18 heavy (non-hydrogen) atoms. The molecule has 1 saturated heterocycles. The van der Waals surface area contributed by atoms with Gasteiger partial charge in [-0.25, -0.2) is 0 Å². The van der Waals surface area contributed by atoms with Crippen molar-refractivity contribution in [2.24, 2.45) is 0 Å². The lowest BCUT2D eigenvalue weighted by Crippen LogP contribution is -2.46. The molecule has 108 valence electrons. The predicted octanol–water partition coefficient (Wildman–Crippen LogP) is -1.07. The molecule has 0 aliphatic carbocycles. The van der Waals surface area contributed by atoms with Crippen molar-refractivity contribution >= 4 is 0 Å². The summed E-state index contributed by atoms with van der Waals surface area (Å²) in [7, 11) is 3.61. The van der Waals surface area contributed by atoms with Crippen LogP contribution >= 0.6 is 0 Å². The van der Waals surface area contributed by atoms with Crippen molar-refractivity contribution in [1.82, 2.24) is 10.2 Å². The molecule has 1 rings (SSSR count). The third kappa shape index (κ3) is 7.25. The zero-order chi connectivity index (χ0) is 13.2. The quantitative estimate of drug-likeness (QED) is 0.516. The van der Waals surface area contributed by atoms with Crippen LogP contribution in [0.4, 0.5) is 0 Å². The van der Waals surface area contributed by atoms with E-state index in [2.05, 4.69) is 10.2 Å². The van der Waals surface area contributed by atoms with Crippen molar-refractivity contribution in [3.63, 3.8) is 0 Å². The standard InChI is InChI=1S/C12H26N2O4/c1-14(9-12-7-13-3-4-18-12)8-11(15)10-17-6-5-16-2/h11-13,15H,3-10H2,1-2H3. The number of methoxy groups -OCH3 is 1. The van der Waals surface area contributed by atoms with Crippen LogP contribution in [0.3, 0.4) is 0 Å². The molecule has 1 heterocycles. The summed E-state index contributed by atoms with van der Waals surface area (Å²) in [6.07, 6.45) is -0.256. The molecule has 0 aromatic carbocycles. The summed E-state index contributed by atoms with van der Waals surface area (Å²) >= 11 is 0. The van der Waals surface area contributed by atoms with Gasteiger partial charge in [-0.15, -0.1) is 0 Å². The smallest absolute Gasteiger partial charge is 0.0900 e. The first-order valence-electron chi connectivity index (χ1n) is 6.48. The van der Waals surface area contributed by atoms with Crippen LogP contribution in [0.15, 0.2) is 0 Å². The monoisotopic (exact) mass is 262 g/mol. The van der Waals surface area contributed by atoms with E-state index in [1.54, 1.807) is 7.11 Å². The summed E-state index contributed by atoms with van der Waals surface area (Å²) < 4.78 is 15.8. The number of rotatable bonds is 9. The molecule has 1 fully saturated rings. The van der Waals surface area contributed by atoms with Gasteiger partial charge in [-0.3, -0.25) is 0 Å². The Morgan fingerprint density at radius 1 is 1.50 bits per heavy atom. The van der Waals surface area contributed by atoms with E-state index in [0.29, 0.717) is 26.4 Å². The minimum Gasteiger partial charge on any atom is -0.389 e. The molecule has 2 atom stereocenters. The summed E-state index contributed by atoms with van der Waals surface area (Å²) in [5.74, 6) is 0. The fraction of sp³-hybridized carbons (Fsp3) is 1.00. The molecule has 0 aromatic rings. The lowest BCUT2D eigenvalue weighted by atomic mass is 10.2. The molecular formula is C12H26N2O4. The molecule has 1 aliphatic rings. The summed E-state index contributed by atoms with van der Waals surface area (Å²) in [5, 5.41) is 13.1. The van der Waals surface area contributed by atoms with E-state index in [4.69, 9.17) is 14.2 Å². The first kappa shape index (κ1) is 15.8. The van der Waals surface area contributed by atoms with Gasteiger partial charge < -0.3 is 29.5 Å². The molecule has 6 nitrogen and oxygen atoms in total. The van der Waals surface area contributed by atoms with Crippen LogP contribution in [-0.2, 0) is 14.2 Å². The van der Waals surface area contributed by atoms with Gasteiger partial charge in [0.2, 0.25) is 0 Å². The highest BCUT2D eigenvalue weighted by molar-refractivity contribution is 4.72. The normalized spacial score (nSPS) is 22.3. The molecule has 0 spiro atoms. The maximum atomic E-state index is 9.78. The Morgan fingerprint density at radius 3 is 3.00 bits per heavy atom. The number of morpholine rings is 1. The second-order valence-electron chi connectivity index (χ2n) is 4.64. The van der Waals surface area contributed by atoms with E-state index in [1.165, 1.54) is 0 Å². The average Bonchev–Trinajstić information content (AvgIpc) is 2.35. The Balaban J connectivity index is 2.04. The maximum Gasteiger partial charge on any atom is 0.0900 e. The van der Waals surface area contributed by atoms with Gasteiger partial charge in [-0.1, -0.05) is 0 Å². The van der Waals surface area contributed by atoms with E-state index >= 15 is 0 Å². The minimum absolute atomic E-state index is 0.213. The topological polar surface area (TPSA) is 63.2 Å². The average molecular weight is 262 g/mol. The van der Waals surface area contributed by atoms with Crippen LogP contribution < -0.4 is 5.32 Å². The van der Waals surface area contributed by atoms with Gasteiger partial charge in [0.25, 0.3) is 0 Å². The number of hydrogen-bond acceptors (Lipinski definition) is 6. The Morgan fingerprint density at radius 2 is 2.33 bits per heavy atom. The highest BCUT2D eigenvalue weighted by Crippen LogP contribution is 2.00. The maximum absolute atomic E-state index is 9.78. The van der Waals surface area contributed by atoms with Gasteiger partial charge in [0, 0.05) is 33.3 Å². The summed E-state index contributed by atoms with van der Waals surface area (Å²) in [6.45, 7) is 5.41. The fourth-order valence-electron chi connectivity index (χ4n) is 1.93. The molecule has 0 bridgehead atoms. The number of aliphatic hydroxyl groups excluding tert-OH is 1. The summed E-state index contributed by atoms with van der Waals surface area (Å²) in [6, 6.07) is 0. The first-order chi connectivity index (χ1) is 8.72. The number of aliphatic hydroxyl groups is 1. The lowest BCUT2D eigenvalue weighted by molar-refractivity contribution is -0.0174. The summed E-state index contributed by atoms with van der Waals surface area (Å²) in [5.41, 5.74) is 0. The zero-order valence-corrected chi connectivity index (χ0v) is 11.4. The van der Waals surface area contributed by atoms with Crippen molar-refractivity contribution in [1.29, 1.82) is 0 Å². The first-order valence-corrected chi connectivity index (χ1v) is 6.48. The lowest BCUT2D eigenvalue weighted by Gasteiger charge is -2.29. The van der Waals surface area contributed by atoms with Gasteiger partial charge in [0.1, 0.15) is 0 Å². The highest BCUT2D eigenvalue weighted by atomic mass is 16.5. The third-order valence-electron chi connectivity index (χ3n) is 2.78. The summed E-state index contributed by atoms with van der Waals surface area (Å²) in [4.78, 5) is 2.07. The molecule has 1 aliphatic heterocycles. The van der Waals surface area contributed by atoms with Crippen molar-refractivity contribution < 1.29 is 19.3 Å². The van der Waals surface area contributed by atoms with Crippen LogP contribution in [0.25, 0.3) is 0 Å². The minimum atomic E-state index is -0.469. The van der Waals surface area contributed by atoms with Gasteiger partial charge in [-0.05, 0) is 7.05 Å². The molecule has 2 N–H and O–H groups in total. The highest BCUT2D eigenvalue weighted by Gasteiger charge is 2.17. The van der Waals surface area contributed by atoms with E-state index in [-0.39, 0.29) is 6.10 Å². The SMILES string of the molecule is COCCOCC(O)CN(C)CC1CNCCO1.